The molecule has 33 heavy (non-hydrogen) atoms. The van der Waals surface area contributed by atoms with Gasteiger partial charge in [-0.25, -0.2) is 4.79 Å². The largest absolute Gasteiger partial charge is 0.491 e. The minimum Gasteiger partial charge on any atom is -0.491 e. The molecule has 2 aromatic rings. The summed E-state index contributed by atoms with van der Waals surface area (Å²) in [6, 6.07) is 9.92. The summed E-state index contributed by atoms with van der Waals surface area (Å²) in [5, 5.41) is 4.93. The normalized spacial score (nSPS) is 16.3. The molecule has 0 unspecified atom stereocenters. The van der Waals surface area contributed by atoms with Crippen LogP contribution < -0.4 is 10.1 Å². The summed E-state index contributed by atoms with van der Waals surface area (Å²) in [6.07, 6.45) is 1.63. The monoisotopic (exact) mass is 471 g/mol. The molecule has 1 aliphatic heterocycles. The number of fused-ring (bicyclic) bond motifs is 1. The Balaban J connectivity index is 1.76. The Hall–Kier alpha value is -2.54. The van der Waals surface area contributed by atoms with Crippen LogP contribution in [0.15, 0.2) is 35.7 Å². The number of carbonyl (C=O) groups excluding carboxylic acids is 2. The Bertz CT molecular complexity index is 925. The fraction of sp³-hybridized carbons (Fsp3) is 0.538. The van der Waals surface area contributed by atoms with Crippen LogP contribution in [0.1, 0.15) is 69.0 Å². The Morgan fingerprint density at radius 1 is 1.18 bits per heavy atom. The first kappa shape index (κ1) is 25.1. The third-order valence-electron chi connectivity index (χ3n) is 6.39. The highest BCUT2D eigenvalue weighted by molar-refractivity contribution is 7.10. The van der Waals surface area contributed by atoms with Crippen LogP contribution in [-0.4, -0.2) is 54.0 Å². The maximum Gasteiger partial charge on any atom is 0.318 e. The van der Waals surface area contributed by atoms with E-state index in [-0.39, 0.29) is 30.6 Å². The van der Waals surface area contributed by atoms with Crippen molar-refractivity contribution in [2.75, 3.05) is 26.2 Å². The average molecular weight is 472 g/mol. The van der Waals surface area contributed by atoms with Gasteiger partial charge in [0, 0.05) is 24.0 Å². The molecule has 1 aromatic carbocycles. The molecule has 0 saturated carbocycles. The maximum absolute atomic E-state index is 13.5. The molecule has 1 aromatic heterocycles. The minimum absolute atomic E-state index is 0.0174. The Kier molecular flexibility index (Phi) is 8.78. The lowest BCUT2D eigenvalue weighted by atomic mass is 10.00. The molecular formula is C26H37N3O3S. The van der Waals surface area contributed by atoms with E-state index in [1.54, 1.807) is 16.2 Å². The zero-order valence-corrected chi connectivity index (χ0v) is 21.3. The summed E-state index contributed by atoms with van der Waals surface area (Å²) in [4.78, 5) is 30.9. The lowest BCUT2D eigenvalue weighted by Gasteiger charge is -2.38. The number of nitrogens with zero attached hydrogens (tertiary/aromatic N) is 2. The fourth-order valence-corrected chi connectivity index (χ4v) is 5.06. The second-order valence-corrected chi connectivity index (χ2v) is 9.91. The highest BCUT2D eigenvalue weighted by Crippen LogP contribution is 2.34. The predicted molar refractivity (Wildman–Crippen MR) is 134 cm³/mol. The van der Waals surface area contributed by atoms with E-state index >= 15 is 0 Å². The highest BCUT2D eigenvalue weighted by atomic mass is 32.1. The smallest absolute Gasteiger partial charge is 0.318 e. The lowest BCUT2D eigenvalue weighted by molar-refractivity contribution is -0.135. The number of thiophene rings is 1. The first-order chi connectivity index (χ1) is 15.8. The van der Waals surface area contributed by atoms with Gasteiger partial charge in [-0.15, -0.1) is 11.3 Å². The van der Waals surface area contributed by atoms with E-state index in [0.29, 0.717) is 25.6 Å². The third-order valence-corrected chi connectivity index (χ3v) is 7.38. The van der Waals surface area contributed by atoms with Gasteiger partial charge >= 0.3 is 6.03 Å². The molecule has 7 heteroatoms. The standard InChI is InChI=1S/C26H37N3O3S/c1-6-19(5)29(26(31)27-7-2)16-25(30)28-14-12-24-22(13-15-33-24)23(28)17-32-21-10-8-20(9-11-21)18(3)4/h8-11,13,15,18-19,23H,6-7,12,14,16-17H2,1-5H3,(H,27,31)/t19-,23+/m0/s1. The van der Waals surface area contributed by atoms with Gasteiger partial charge in [0.15, 0.2) is 0 Å². The van der Waals surface area contributed by atoms with Crippen molar-refractivity contribution in [2.45, 2.75) is 65.5 Å². The topological polar surface area (TPSA) is 61.9 Å². The molecule has 2 heterocycles. The van der Waals surface area contributed by atoms with E-state index in [0.717, 1.165) is 24.2 Å². The van der Waals surface area contributed by atoms with Crippen LogP contribution in [0.5, 0.6) is 5.75 Å². The third kappa shape index (κ3) is 6.08. The minimum atomic E-state index is -0.188. The lowest BCUT2D eigenvalue weighted by Crippen LogP contribution is -2.52. The van der Waals surface area contributed by atoms with Gasteiger partial charge in [-0.2, -0.15) is 0 Å². The number of ether oxygens (including phenoxy) is 1. The van der Waals surface area contributed by atoms with E-state index in [1.165, 1.54) is 10.4 Å². The molecule has 6 nitrogen and oxygen atoms in total. The average Bonchev–Trinajstić information content (AvgIpc) is 3.29. The molecule has 3 amide bonds. The number of rotatable bonds is 9. The van der Waals surface area contributed by atoms with Crippen molar-refractivity contribution in [3.8, 4) is 5.75 Å². The van der Waals surface area contributed by atoms with Gasteiger partial charge in [0.05, 0.1) is 6.04 Å². The van der Waals surface area contributed by atoms with Crippen LogP contribution in [0, 0.1) is 0 Å². The fourth-order valence-electron chi connectivity index (χ4n) is 4.14. The van der Waals surface area contributed by atoms with Gasteiger partial charge in [0.1, 0.15) is 18.9 Å². The van der Waals surface area contributed by atoms with Gasteiger partial charge in [0.2, 0.25) is 5.91 Å². The van der Waals surface area contributed by atoms with Crippen molar-refractivity contribution in [1.29, 1.82) is 0 Å². The Labute approximate surface area is 201 Å². The van der Waals surface area contributed by atoms with Crippen LogP contribution in [0.2, 0.25) is 0 Å². The predicted octanol–water partition coefficient (Wildman–Crippen LogP) is 5.21. The van der Waals surface area contributed by atoms with E-state index in [2.05, 4.69) is 42.7 Å². The second kappa shape index (κ2) is 11.5. The van der Waals surface area contributed by atoms with E-state index in [4.69, 9.17) is 4.74 Å². The summed E-state index contributed by atoms with van der Waals surface area (Å²) < 4.78 is 6.16. The zero-order chi connectivity index (χ0) is 24.0. The van der Waals surface area contributed by atoms with Gasteiger partial charge in [-0.3, -0.25) is 4.79 Å². The molecule has 180 valence electrons. The van der Waals surface area contributed by atoms with E-state index < -0.39 is 0 Å². The molecule has 2 atom stereocenters. The van der Waals surface area contributed by atoms with Crippen LogP contribution >= 0.6 is 11.3 Å². The van der Waals surface area contributed by atoms with Crippen molar-refractivity contribution < 1.29 is 14.3 Å². The molecule has 0 spiro atoms. The van der Waals surface area contributed by atoms with E-state index in [9.17, 15) is 9.59 Å². The highest BCUT2D eigenvalue weighted by Gasteiger charge is 2.34. The van der Waals surface area contributed by atoms with Crippen molar-refractivity contribution in [3.63, 3.8) is 0 Å². The van der Waals surface area contributed by atoms with Gasteiger partial charge < -0.3 is 19.9 Å². The number of hydrogen-bond acceptors (Lipinski definition) is 4. The molecular weight excluding hydrogens is 434 g/mol. The van der Waals surface area contributed by atoms with Crippen molar-refractivity contribution in [1.82, 2.24) is 15.1 Å². The van der Waals surface area contributed by atoms with E-state index in [1.807, 2.05) is 37.8 Å². The molecule has 0 bridgehead atoms. The Morgan fingerprint density at radius 2 is 1.91 bits per heavy atom. The number of nitrogens with one attached hydrogen (secondary N) is 1. The number of urea groups is 1. The molecule has 0 fully saturated rings. The quantitative estimate of drug-likeness (QED) is 0.546. The van der Waals surface area contributed by atoms with Crippen molar-refractivity contribution in [2.24, 2.45) is 0 Å². The van der Waals surface area contributed by atoms with Crippen LogP contribution in [0.4, 0.5) is 4.79 Å². The molecule has 0 radical (unpaired) electrons. The summed E-state index contributed by atoms with van der Waals surface area (Å²) in [7, 11) is 0. The van der Waals surface area contributed by atoms with Gasteiger partial charge in [0.25, 0.3) is 0 Å². The summed E-state index contributed by atoms with van der Waals surface area (Å²) in [5.41, 5.74) is 2.43. The summed E-state index contributed by atoms with van der Waals surface area (Å²) in [6.45, 7) is 11.9. The summed E-state index contributed by atoms with van der Waals surface area (Å²) in [5.74, 6) is 1.23. The van der Waals surface area contributed by atoms with Crippen LogP contribution in [0.3, 0.4) is 0 Å². The maximum atomic E-state index is 13.5. The Morgan fingerprint density at radius 3 is 2.55 bits per heavy atom. The summed E-state index contributed by atoms with van der Waals surface area (Å²) >= 11 is 1.74. The van der Waals surface area contributed by atoms with Gasteiger partial charge in [-0.1, -0.05) is 32.9 Å². The van der Waals surface area contributed by atoms with Crippen LogP contribution in [0.25, 0.3) is 0 Å². The number of hydrogen-bond donors (Lipinski definition) is 1. The number of carbonyl (C=O) groups is 2. The molecule has 1 aliphatic rings. The first-order valence-corrected chi connectivity index (χ1v) is 12.9. The van der Waals surface area contributed by atoms with Crippen LogP contribution in [-0.2, 0) is 11.2 Å². The first-order valence-electron chi connectivity index (χ1n) is 12.0. The molecule has 1 N–H and O–H groups in total. The molecule has 3 rings (SSSR count). The van der Waals surface area contributed by atoms with Crippen molar-refractivity contribution >= 4 is 23.3 Å². The SMILES string of the molecule is CCNC(=O)N(CC(=O)N1CCc2sccc2[C@H]1COc1ccc(C(C)C)cc1)[C@@H](C)CC. The molecule has 0 saturated heterocycles. The van der Waals surface area contributed by atoms with Crippen molar-refractivity contribution in [3.05, 3.63) is 51.7 Å². The van der Waals surface area contributed by atoms with Gasteiger partial charge in [-0.05, 0) is 67.3 Å². The second-order valence-electron chi connectivity index (χ2n) is 8.91. The zero-order valence-electron chi connectivity index (χ0n) is 20.5. The number of amides is 3. The molecule has 0 aliphatic carbocycles. The number of benzene rings is 1.